The first-order valence-electron chi connectivity index (χ1n) is 6.15. The van der Waals surface area contributed by atoms with E-state index in [1.165, 1.54) is 16.7 Å². The maximum absolute atomic E-state index is 5.45. The third-order valence-electron chi connectivity index (χ3n) is 3.20. The van der Waals surface area contributed by atoms with Crippen LogP contribution in [-0.4, -0.2) is 6.54 Å². The van der Waals surface area contributed by atoms with E-state index in [0.29, 0.717) is 12.0 Å². The fraction of sp³-hybridized carbons (Fsp3) is 0.571. The van der Waals surface area contributed by atoms with E-state index in [0.717, 1.165) is 19.8 Å². The van der Waals surface area contributed by atoms with Crippen LogP contribution in [0.25, 0.3) is 0 Å². The van der Waals surface area contributed by atoms with E-state index >= 15 is 0 Å². The Morgan fingerprint density at radius 3 is 2.69 bits per heavy atom. The van der Waals surface area contributed by atoms with Gasteiger partial charge in [-0.3, -0.25) is 0 Å². The van der Waals surface area contributed by atoms with E-state index in [1.807, 2.05) is 0 Å². The molecule has 1 heterocycles. The topological polar surface area (TPSA) is 21.3 Å². The zero-order chi connectivity index (χ0) is 11.5. The molecule has 2 heteroatoms. The maximum atomic E-state index is 5.45. The van der Waals surface area contributed by atoms with Gasteiger partial charge in [-0.15, -0.1) is 0 Å². The van der Waals surface area contributed by atoms with Gasteiger partial charge in [-0.25, -0.2) is 0 Å². The zero-order valence-corrected chi connectivity index (χ0v) is 10.4. The van der Waals surface area contributed by atoms with Gasteiger partial charge in [-0.2, -0.15) is 0 Å². The highest BCUT2D eigenvalue weighted by molar-refractivity contribution is 5.34. The first-order valence-corrected chi connectivity index (χ1v) is 6.15. The van der Waals surface area contributed by atoms with Gasteiger partial charge in [0, 0.05) is 6.04 Å². The Morgan fingerprint density at radius 1 is 1.25 bits per heavy atom. The molecule has 0 spiro atoms. The summed E-state index contributed by atoms with van der Waals surface area (Å²) in [4.78, 5) is 0. The molecule has 0 aromatic heterocycles. The Balaban J connectivity index is 2.24. The fourth-order valence-corrected chi connectivity index (χ4v) is 2.34. The molecule has 1 unspecified atom stereocenters. The smallest absolute Gasteiger partial charge is 0.0725 e. The second kappa shape index (κ2) is 4.98. The SMILES string of the molecule is CCNC(c1ccc2c(c1)COC2)C(C)C. The minimum atomic E-state index is 0.455. The van der Waals surface area contributed by atoms with Crippen molar-refractivity contribution in [1.29, 1.82) is 0 Å². The van der Waals surface area contributed by atoms with Gasteiger partial charge in [0.15, 0.2) is 0 Å². The number of fused-ring (bicyclic) bond motifs is 1. The molecule has 0 amide bonds. The van der Waals surface area contributed by atoms with Crippen molar-refractivity contribution in [3.63, 3.8) is 0 Å². The van der Waals surface area contributed by atoms with Crippen molar-refractivity contribution in [3.8, 4) is 0 Å². The summed E-state index contributed by atoms with van der Waals surface area (Å²) in [6.45, 7) is 9.25. The summed E-state index contributed by atoms with van der Waals surface area (Å²) in [5, 5.41) is 3.55. The number of hydrogen-bond acceptors (Lipinski definition) is 2. The molecule has 1 aromatic carbocycles. The van der Waals surface area contributed by atoms with Crippen LogP contribution in [-0.2, 0) is 18.0 Å². The van der Waals surface area contributed by atoms with E-state index in [1.54, 1.807) is 0 Å². The van der Waals surface area contributed by atoms with Crippen molar-refractivity contribution in [2.75, 3.05) is 6.54 Å². The van der Waals surface area contributed by atoms with Crippen LogP contribution >= 0.6 is 0 Å². The Bertz CT molecular complexity index is 360. The lowest BCUT2D eigenvalue weighted by Gasteiger charge is -2.22. The molecule has 1 atom stereocenters. The van der Waals surface area contributed by atoms with Gasteiger partial charge in [-0.1, -0.05) is 39.0 Å². The van der Waals surface area contributed by atoms with Gasteiger partial charge in [0.25, 0.3) is 0 Å². The molecule has 1 aliphatic rings. The monoisotopic (exact) mass is 219 g/mol. The minimum Gasteiger partial charge on any atom is -0.372 e. The predicted octanol–water partition coefficient (Wildman–Crippen LogP) is 3.02. The summed E-state index contributed by atoms with van der Waals surface area (Å²) >= 11 is 0. The molecular weight excluding hydrogens is 198 g/mol. The van der Waals surface area contributed by atoms with Crippen LogP contribution in [0.4, 0.5) is 0 Å². The molecule has 0 radical (unpaired) electrons. The molecular formula is C14H21NO. The molecule has 0 saturated heterocycles. The predicted molar refractivity (Wildman–Crippen MR) is 66.2 cm³/mol. The van der Waals surface area contributed by atoms with Crippen LogP contribution in [0.15, 0.2) is 18.2 Å². The highest BCUT2D eigenvalue weighted by atomic mass is 16.5. The first-order chi connectivity index (χ1) is 7.72. The second-order valence-electron chi connectivity index (χ2n) is 4.80. The van der Waals surface area contributed by atoms with Crippen molar-refractivity contribution in [3.05, 3.63) is 34.9 Å². The lowest BCUT2D eigenvalue weighted by molar-refractivity contribution is 0.134. The van der Waals surface area contributed by atoms with Crippen LogP contribution in [0.5, 0.6) is 0 Å². The standard InChI is InChI=1S/C14H21NO/c1-4-15-14(10(2)3)11-5-6-12-8-16-9-13(12)7-11/h5-7,10,14-15H,4,8-9H2,1-3H3. The second-order valence-corrected chi connectivity index (χ2v) is 4.80. The number of rotatable bonds is 4. The summed E-state index contributed by atoms with van der Waals surface area (Å²) in [5.74, 6) is 0.611. The first kappa shape index (κ1) is 11.6. The largest absolute Gasteiger partial charge is 0.372 e. The van der Waals surface area contributed by atoms with E-state index in [-0.39, 0.29) is 0 Å². The van der Waals surface area contributed by atoms with Gasteiger partial charge in [-0.05, 0) is 29.2 Å². The highest BCUT2D eigenvalue weighted by Crippen LogP contribution is 2.27. The van der Waals surface area contributed by atoms with E-state index in [2.05, 4.69) is 44.3 Å². The van der Waals surface area contributed by atoms with Gasteiger partial charge in [0.05, 0.1) is 13.2 Å². The molecule has 0 aliphatic carbocycles. The molecule has 0 saturated carbocycles. The molecule has 0 fully saturated rings. The van der Waals surface area contributed by atoms with Crippen molar-refractivity contribution in [1.82, 2.24) is 5.32 Å². The Hall–Kier alpha value is -0.860. The zero-order valence-electron chi connectivity index (χ0n) is 10.4. The van der Waals surface area contributed by atoms with Crippen molar-refractivity contribution < 1.29 is 4.74 Å². The lowest BCUT2D eigenvalue weighted by Crippen LogP contribution is -2.25. The third kappa shape index (κ3) is 2.28. The molecule has 16 heavy (non-hydrogen) atoms. The molecule has 2 rings (SSSR count). The number of ether oxygens (including phenoxy) is 1. The molecule has 1 aliphatic heterocycles. The summed E-state index contributed by atoms with van der Waals surface area (Å²) in [6, 6.07) is 7.21. The van der Waals surface area contributed by atoms with E-state index in [4.69, 9.17) is 4.74 Å². The van der Waals surface area contributed by atoms with Gasteiger partial charge in [0.2, 0.25) is 0 Å². The number of hydrogen-bond donors (Lipinski definition) is 1. The van der Waals surface area contributed by atoms with E-state index in [9.17, 15) is 0 Å². The van der Waals surface area contributed by atoms with Gasteiger partial charge in [0.1, 0.15) is 0 Å². The van der Waals surface area contributed by atoms with Crippen LogP contribution in [0.1, 0.15) is 43.5 Å². The normalized spacial score (nSPS) is 16.5. The lowest BCUT2D eigenvalue weighted by atomic mass is 9.93. The summed E-state index contributed by atoms with van der Waals surface area (Å²) in [6.07, 6.45) is 0. The summed E-state index contributed by atoms with van der Waals surface area (Å²) in [5.41, 5.74) is 4.10. The molecule has 88 valence electrons. The summed E-state index contributed by atoms with van der Waals surface area (Å²) < 4.78 is 5.45. The van der Waals surface area contributed by atoms with Crippen molar-refractivity contribution in [2.45, 2.75) is 40.0 Å². The van der Waals surface area contributed by atoms with E-state index < -0.39 is 0 Å². The Morgan fingerprint density at radius 2 is 2.00 bits per heavy atom. The van der Waals surface area contributed by atoms with Crippen LogP contribution in [0.3, 0.4) is 0 Å². The maximum Gasteiger partial charge on any atom is 0.0725 e. The molecule has 1 N–H and O–H groups in total. The average Bonchev–Trinajstić information content (AvgIpc) is 2.72. The minimum absolute atomic E-state index is 0.455. The Labute approximate surface area is 98.0 Å². The van der Waals surface area contributed by atoms with Gasteiger partial charge < -0.3 is 10.1 Å². The molecule has 2 nitrogen and oxygen atoms in total. The number of benzene rings is 1. The molecule has 1 aromatic rings. The van der Waals surface area contributed by atoms with Crippen molar-refractivity contribution >= 4 is 0 Å². The third-order valence-corrected chi connectivity index (χ3v) is 3.20. The highest BCUT2D eigenvalue weighted by Gasteiger charge is 2.17. The quantitative estimate of drug-likeness (QED) is 0.840. The molecule has 0 bridgehead atoms. The van der Waals surface area contributed by atoms with Crippen molar-refractivity contribution in [2.24, 2.45) is 5.92 Å². The Kier molecular flexibility index (Phi) is 3.62. The van der Waals surface area contributed by atoms with Crippen LogP contribution < -0.4 is 5.32 Å². The van der Waals surface area contributed by atoms with Crippen LogP contribution in [0, 0.1) is 5.92 Å². The van der Waals surface area contributed by atoms with Gasteiger partial charge >= 0.3 is 0 Å². The average molecular weight is 219 g/mol. The summed E-state index contributed by atoms with van der Waals surface area (Å²) in [7, 11) is 0. The fourth-order valence-electron chi connectivity index (χ4n) is 2.34. The number of nitrogens with one attached hydrogen (secondary N) is 1. The van der Waals surface area contributed by atoms with Crippen LogP contribution in [0.2, 0.25) is 0 Å².